The van der Waals surface area contributed by atoms with Gasteiger partial charge in [-0.05, 0) is 12.5 Å². The molecule has 1 amide bonds. The van der Waals surface area contributed by atoms with Gasteiger partial charge >= 0.3 is 12.1 Å². The van der Waals surface area contributed by atoms with E-state index < -0.39 is 18.1 Å². The fourth-order valence-electron chi connectivity index (χ4n) is 2.18. The number of carbonyl (C=O) groups is 2. The van der Waals surface area contributed by atoms with Crippen LogP contribution < -0.4 is 5.32 Å². The minimum Gasteiger partial charge on any atom is -0.481 e. The molecule has 0 unspecified atom stereocenters. The van der Waals surface area contributed by atoms with Gasteiger partial charge in [-0.2, -0.15) is 5.10 Å². The summed E-state index contributed by atoms with van der Waals surface area (Å²) in [7, 11) is 1.75. The number of hydrogen-bond acceptors (Lipinski definition) is 4. The van der Waals surface area contributed by atoms with Crippen molar-refractivity contribution in [1.29, 1.82) is 0 Å². The van der Waals surface area contributed by atoms with Crippen LogP contribution in [0, 0.1) is 6.92 Å². The average molecular weight is 317 g/mol. The van der Waals surface area contributed by atoms with E-state index in [1.54, 1.807) is 17.9 Å². The first-order valence-corrected chi connectivity index (χ1v) is 7.15. The molecule has 0 radical (unpaired) electrons. The number of hydrogen-bond donors (Lipinski definition) is 2. The van der Waals surface area contributed by atoms with Crippen LogP contribution >= 0.6 is 0 Å². The lowest BCUT2D eigenvalue weighted by Gasteiger charge is -2.17. The van der Waals surface area contributed by atoms with E-state index >= 15 is 0 Å². The van der Waals surface area contributed by atoms with Gasteiger partial charge < -0.3 is 15.2 Å². The number of amides is 1. The maximum absolute atomic E-state index is 11.9. The molecular formula is C16H19N3O4. The summed E-state index contributed by atoms with van der Waals surface area (Å²) in [6.07, 6.45) is 0.649. The zero-order valence-electron chi connectivity index (χ0n) is 13.0. The number of carboxylic acid groups (broad SMARTS) is 1. The van der Waals surface area contributed by atoms with Crippen molar-refractivity contribution in [3.8, 4) is 0 Å². The van der Waals surface area contributed by atoms with E-state index in [1.807, 2.05) is 37.3 Å². The Morgan fingerprint density at radius 1 is 1.35 bits per heavy atom. The second-order valence-electron chi connectivity index (χ2n) is 5.17. The molecular weight excluding hydrogens is 298 g/mol. The second-order valence-corrected chi connectivity index (χ2v) is 5.17. The van der Waals surface area contributed by atoms with Crippen molar-refractivity contribution in [2.24, 2.45) is 7.05 Å². The fourth-order valence-corrected chi connectivity index (χ4v) is 2.18. The summed E-state index contributed by atoms with van der Waals surface area (Å²) in [5, 5.41) is 15.7. The van der Waals surface area contributed by atoms with Gasteiger partial charge in [-0.3, -0.25) is 9.48 Å². The van der Waals surface area contributed by atoms with Crippen LogP contribution in [-0.4, -0.2) is 26.9 Å². The minimum absolute atomic E-state index is 0.123. The van der Waals surface area contributed by atoms with Gasteiger partial charge in [-0.15, -0.1) is 0 Å². The molecule has 0 saturated carbocycles. The van der Waals surface area contributed by atoms with Crippen molar-refractivity contribution < 1.29 is 19.4 Å². The number of aromatic nitrogens is 2. The molecule has 1 atom stereocenters. The molecule has 0 saturated heterocycles. The largest absolute Gasteiger partial charge is 0.481 e. The van der Waals surface area contributed by atoms with Crippen LogP contribution in [0.4, 0.5) is 4.79 Å². The molecule has 122 valence electrons. The summed E-state index contributed by atoms with van der Waals surface area (Å²) in [5.74, 6) is -1.01. The topological polar surface area (TPSA) is 93.5 Å². The van der Waals surface area contributed by atoms with E-state index in [1.165, 1.54) is 0 Å². The molecule has 23 heavy (non-hydrogen) atoms. The first-order chi connectivity index (χ1) is 11.0. The van der Waals surface area contributed by atoms with Crippen molar-refractivity contribution in [3.63, 3.8) is 0 Å². The summed E-state index contributed by atoms with van der Waals surface area (Å²) >= 11 is 0. The highest BCUT2D eigenvalue weighted by atomic mass is 16.5. The Hall–Kier alpha value is -2.83. The molecule has 0 aliphatic heterocycles. The van der Waals surface area contributed by atoms with Crippen molar-refractivity contribution >= 4 is 12.1 Å². The van der Waals surface area contributed by atoms with Gasteiger partial charge in [-0.25, -0.2) is 4.79 Å². The molecule has 1 aromatic carbocycles. The Balaban J connectivity index is 2.01. The molecule has 0 spiro atoms. The number of aliphatic carboxylic acids is 1. The number of carbonyl (C=O) groups excluding carboxylic acids is 1. The highest BCUT2D eigenvalue weighted by Gasteiger charge is 2.22. The Morgan fingerprint density at radius 3 is 2.61 bits per heavy atom. The minimum atomic E-state index is -1.01. The van der Waals surface area contributed by atoms with Gasteiger partial charge in [0.15, 0.2) is 0 Å². The molecule has 0 fully saturated rings. The number of alkyl carbamates (subject to hydrolysis) is 1. The molecule has 0 aliphatic carbocycles. The lowest BCUT2D eigenvalue weighted by atomic mass is 10.1. The SMILES string of the molecule is Cc1c([C@H](CC(=O)O)NC(=O)OCc2ccccc2)cnn1C. The van der Waals surface area contributed by atoms with E-state index in [4.69, 9.17) is 9.84 Å². The number of rotatable bonds is 6. The summed E-state index contributed by atoms with van der Waals surface area (Å²) < 4.78 is 6.76. The molecule has 2 aromatic rings. The Labute approximate surface area is 133 Å². The number of nitrogens with one attached hydrogen (secondary N) is 1. The molecule has 7 heteroatoms. The summed E-state index contributed by atoms with van der Waals surface area (Å²) in [6, 6.07) is 8.56. The average Bonchev–Trinajstić information content (AvgIpc) is 2.85. The Morgan fingerprint density at radius 2 is 2.04 bits per heavy atom. The van der Waals surface area contributed by atoms with Crippen LogP contribution in [0.25, 0.3) is 0 Å². The normalized spacial score (nSPS) is 11.7. The fraction of sp³-hybridized carbons (Fsp3) is 0.312. The zero-order chi connectivity index (χ0) is 16.8. The molecule has 2 rings (SSSR count). The smallest absolute Gasteiger partial charge is 0.407 e. The van der Waals surface area contributed by atoms with Gasteiger partial charge in [0.2, 0.25) is 0 Å². The molecule has 0 bridgehead atoms. The third-order valence-corrected chi connectivity index (χ3v) is 3.53. The van der Waals surface area contributed by atoms with E-state index in [0.717, 1.165) is 11.3 Å². The van der Waals surface area contributed by atoms with E-state index in [0.29, 0.717) is 5.56 Å². The van der Waals surface area contributed by atoms with Crippen molar-refractivity contribution in [2.45, 2.75) is 26.0 Å². The van der Waals surface area contributed by atoms with E-state index in [2.05, 4.69) is 10.4 Å². The van der Waals surface area contributed by atoms with Gasteiger partial charge in [0.25, 0.3) is 0 Å². The first kappa shape index (κ1) is 16.5. The van der Waals surface area contributed by atoms with Crippen LogP contribution in [0.15, 0.2) is 36.5 Å². The lowest BCUT2D eigenvalue weighted by molar-refractivity contribution is -0.137. The molecule has 0 aliphatic rings. The number of carboxylic acids is 1. The van der Waals surface area contributed by atoms with Crippen LogP contribution in [0.2, 0.25) is 0 Å². The Bertz CT molecular complexity index is 682. The van der Waals surface area contributed by atoms with Gasteiger partial charge in [0, 0.05) is 18.3 Å². The summed E-state index contributed by atoms with van der Waals surface area (Å²) in [5.41, 5.74) is 2.31. The molecule has 7 nitrogen and oxygen atoms in total. The Kier molecular flexibility index (Phi) is 5.35. The maximum Gasteiger partial charge on any atom is 0.407 e. The van der Waals surface area contributed by atoms with Gasteiger partial charge in [0.05, 0.1) is 18.7 Å². The highest BCUT2D eigenvalue weighted by molar-refractivity contribution is 5.72. The number of benzene rings is 1. The zero-order valence-corrected chi connectivity index (χ0v) is 13.0. The van der Waals surface area contributed by atoms with Crippen LogP contribution in [0.3, 0.4) is 0 Å². The van der Waals surface area contributed by atoms with Crippen LogP contribution in [-0.2, 0) is 23.2 Å². The first-order valence-electron chi connectivity index (χ1n) is 7.15. The number of ether oxygens (including phenoxy) is 1. The molecule has 1 aromatic heterocycles. The molecule has 1 heterocycles. The quantitative estimate of drug-likeness (QED) is 0.851. The van der Waals surface area contributed by atoms with Crippen molar-refractivity contribution in [1.82, 2.24) is 15.1 Å². The van der Waals surface area contributed by atoms with Gasteiger partial charge in [0.1, 0.15) is 6.61 Å². The van der Waals surface area contributed by atoms with Crippen molar-refractivity contribution in [3.05, 3.63) is 53.3 Å². The van der Waals surface area contributed by atoms with Crippen LogP contribution in [0.1, 0.15) is 29.3 Å². The second kappa shape index (κ2) is 7.44. The van der Waals surface area contributed by atoms with Gasteiger partial charge in [-0.1, -0.05) is 30.3 Å². The van der Waals surface area contributed by atoms with E-state index in [9.17, 15) is 9.59 Å². The monoisotopic (exact) mass is 317 g/mol. The number of aryl methyl sites for hydroxylation is 1. The summed E-state index contributed by atoms with van der Waals surface area (Å²) in [6.45, 7) is 1.94. The maximum atomic E-state index is 11.9. The standard InChI is InChI=1S/C16H19N3O4/c1-11-13(9-17-19(11)2)14(8-15(20)21)18-16(22)23-10-12-6-4-3-5-7-12/h3-7,9,14H,8,10H2,1-2H3,(H,18,22)(H,20,21)/t14-/m0/s1. The number of nitrogens with zero attached hydrogens (tertiary/aromatic N) is 2. The summed E-state index contributed by atoms with van der Waals surface area (Å²) in [4.78, 5) is 23.0. The third kappa shape index (κ3) is 4.57. The lowest BCUT2D eigenvalue weighted by Crippen LogP contribution is -2.31. The highest BCUT2D eigenvalue weighted by Crippen LogP contribution is 2.20. The molecule has 2 N–H and O–H groups in total. The third-order valence-electron chi connectivity index (χ3n) is 3.53. The van der Waals surface area contributed by atoms with Crippen molar-refractivity contribution in [2.75, 3.05) is 0 Å². The predicted molar refractivity (Wildman–Crippen MR) is 82.7 cm³/mol. The predicted octanol–water partition coefficient (Wildman–Crippen LogP) is 2.17. The van der Waals surface area contributed by atoms with E-state index in [-0.39, 0.29) is 13.0 Å². The van der Waals surface area contributed by atoms with Crippen LogP contribution in [0.5, 0.6) is 0 Å².